The number of ketones is 2. The van der Waals surface area contributed by atoms with Gasteiger partial charge in [0.15, 0.2) is 5.78 Å². The third-order valence-electron chi connectivity index (χ3n) is 5.30. The van der Waals surface area contributed by atoms with Gasteiger partial charge in [0, 0.05) is 37.8 Å². The smallest absolute Gasteiger partial charge is 0.312 e. The van der Waals surface area contributed by atoms with E-state index in [1.165, 1.54) is 0 Å². The van der Waals surface area contributed by atoms with E-state index in [4.69, 9.17) is 5.73 Å². The highest BCUT2D eigenvalue weighted by molar-refractivity contribution is 9.09. The minimum absolute atomic E-state index is 0.00302. The van der Waals surface area contributed by atoms with Gasteiger partial charge in [0.25, 0.3) is 0 Å². The first-order valence-electron chi connectivity index (χ1n) is 11.7. The molecule has 5 N–H and O–H groups in total. The first-order valence-corrected chi connectivity index (χ1v) is 12.8. The second kappa shape index (κ2) is 17.5. The molecular formula is C23H41BrN4O5. The zero-order valence-corrected chi connectivity index (χ0v) is 22.0. The van der Waals surface area contributed by atoms with Gasteiger partial charge in [0.2, 0.25) is 11.8 Å². The minimum atomic E-state index is -0.651. The molecule has 0 saturated heterocycles. The standard InChI is InChI=1S/C23H41BrN4O5/c1-15(2)21(28-19(30)10-6-5-7-11-26-20(31)14-24)18(29)13-17(22(32)16(3)4)9-8-12-27-23(25)33/h15-17,21H,5-14H2,1-4H3,(H,26,31)(H,28,30)(H3,25,27,33)/t17-,21+/m1/s1. The van der Waals surface area contributed by atoms with Crippen LogP contribution in [0.4, 0.5) is 4.79 Å². The highest BCUT2D eigenvalue weighted by Crippen LogP contribution is 2.20. The molecule has 4 amide bonds. The largest absolute Gasteiger partial charge is 0.355 e. The second-order valence-electron chi connectivity index (χ2n) is 8.94. The Kier molecular flexibility index (Phi) is 16.5. The van der Waals surface area contributed by atoms with E-state index in [-0.39, 0.29) is 47.0 Å². The number of Topliss-reactive ketones (excluding diaryl/α,β-unsaturated/α-hetero) is 2. The number of halogens is 1. The molecule has 0 aromatic carbocycles. The van der Waals surface area contributed by atoms with Gasteiger partial charge in [-0.25, -0.2) is 4.79 Å². The monoisotopic (exact) mass is 532 g/mol. The van der Waals surface area contributed by atoms with Gasteiger partial charge in [-0.1, -0.05) is 50.0 Å². The fraction of sp³-hybridized carbons (Fsp3) is 0.783. The molecule has 0 aliphatic carbocycles. The number of urea groups is 1. The lowest BCUT2D eigenvalue weighted by Gasteiger charge is -2.24. The van der Waals surface area contributed by atoms with Crippen LogP contribution in [0.1, 0.15) is 72.6 Å². The molecule has 9 nitrogen and oxygen atoms in total. The Morgan fingerprint density at radius 1 is 0.848 bits per heavy atom. The summed E-state index contributed by atoms with van der Waals surface area (Å²) in [4.78, 5) is 60.0. The Morgan fingerprint density at radius 2 is 1.48 bits per heavy atom. The van der Waals surface area contributed by atoms with Crippen molar-refractivity contribution < 1.29 is 24.0 Å². The molecule has 190 valence electrons. The average Bonchev–Trinajstić information content (AvgIpc) is 2.74. The number of hydrogen-bond acceptors (Lipinski definition) is 5. The zero-order chi connectivity index (χ0) is 25.4. The summed E-state index contributed by atoms with van der Waals surface area (Å²) in [5.41, 5.74) is 5.06. The van der Waals surface area contributed by atoms with E-state index in [2.05, 4.69) is 31.9 Å². The quantitative estimate of drug-likeness (QED) is 0.158. The number of unbranched alkanes of at least 4 members (excludes halogenated alkanes) is 2. The molecule has 0 unspecified atom stereocenters. The van der Waals surface area contributed by atoms with Crippen LogP contribution in [0, 0.1) is 17.8 Å². The Balaban J connectivity index is 4.71. The van der Waals surface area contributed by atoms with Crippen LogP contribution in [0.5, 0.6) is 0 Å². The highest BCUT2D eigenvalue weighted by Gasteiger charge is 2.30. The van der Waals surface area contributed by atoms with Gasteiger partial charge in [-0.3, -0.25) is 19.2 Å². The van der Waals surface area contributed by atoms with E-state index in [1.807, 2.05) is 13.8 Å². The molecule has 0 aliphatic rings. The van der Waals surface area contributed by atoms with E-state index in [0.717, 1.165) is 12.8 Å². The Morgan fingerprint density at radius 3 is 2.03 bits per heavy atom. The average molecular weight is 534 g/mol. The summed E-state index contributed by atoms with van der Waals surface area (Å²) < 4.78 is 0. The maximum Gasteiger partial charge on any atom is 0.312 e. The van der Waals surface area contributed by atoms with Crippen molar-refractivity contribution in [1.29, 1.82) is 0 Å². The van der Waals surface area contributed by atoms with Crippen LogP contribution in [-0.4, -0.2) is 53.9 Å². The Bertz CT molecular complexity index is 655. The molecule has 0 radical (unpaired) electrons. The van der Waals surface area contributed by atoms with Crippen LogP contribution in [0.3, 0.4) is 0 Å². The van der Waals surface area contributed by atoms with E-state index in [9.17, 15) is 24.0 Å². The minimum Gasteiger partial charge on any atom is -0.355 e. The molecule has 0 bridgehead atoms. The lowest BCUT2D eigenvalue weighted by atomic mass is 9.84. The third-order valence-corrected chi connectivity index (χ3v) is 5.81. The van der Waals surface area contributed by atoms with E-state index < -0.39 is 18.0 Å². The second-order valence-corrected chi connectivity index (χ2v) is 9.50. The first kappa shape index (κ1) is 31.0. The number of nitrogens with one attached hydrogen (secondary N) is 3. The lowest BCUT2D eigenvalue weighted by molar-refractivity contribution is -0.133. The Labute approximate surface area is 205 Å². The molecule has 33 heavy (non-hydrogen) atoms. The summed E-state index contributed by atoms with van der Waals surface area (Å²) in [6.07, 6.45) is 3.60. The van der Waals surface area contributed by atoms with Gasteiger partial charge < -0.3 is 21.7 Å². The summed E-state index contributed by atoms with van der Waals surface area (Å²) in [6.45, 7) is 8.24. The molecule has 0 heterocycles. The molecular weight excluding hydrogens is 492 g/mol. The number of primary amides is 1. The molecule has 0 rings (SSSR count). The SMILES string of the molecule is CC(C)C(=O)[C@H](CCCNC(N)=O)CC(=O)[C@@H](NC(=O)CCCCCNC(=O)CBr)C(C)C. The number of rotatable bonds is 18. The van der Waals surface area contributed by atoms with Crippen molar-refractivity contribution in [2.45, 2.75) is 78.7 Å². The summed E-state index contributed by atoms with van der Waals surface area (Å²) >= 11 is 3.08. The molecule has 0 aromatic rings. The van der Waals surface area contributed by atoms with Crippen LogP contribution >= 0.6 is 15.9 Å². The van der Waals surface area contributed by atoms with Crippen LogP contribution in [0.2, 0.25) is 0 Å². The molecule has 0 spiro atoms. The molecule has 10 heteroatoms. The molecule has 0 aromatic heterocycles. The van der Waals surface area contributed by atoms with Gasteiger partial charge in [-0.05, 0) is 31.6 Å². The summed E-state index contributed by atoms with van der Waals surface area (Å²) in [5, 5.41) is 8.36. The number of carbonyl (C=O) groups excluding carboxylic acids is 5. The fourth-order valence-corrected chi connectivity index (χ4v) is 3.67. The first-order chi connectivity index (χ1) is 15.5. The van der Waals surface area contributed by atoms with Gasteiger partial charge in [-0.2, -0.15) is 0 Å². The predicted molar refractivity (Wildman–Crippen MR) is 132 cm³/mol. The number of carbonyl (C=O) groups is 5. The van der Waals surface area contributed by atoms with Crippen molar-refractivity contribution in [2.75, 3.05) is 18.4 Å². The van der Waals surface area contributed by atoms with Crippen LogP contribution in [0.25, 0.3) is 0 Å². The van der Waals surface area contributed by atoms with Gasteiger partial charge in [0.05, 0.1) is 11.4 Å². The van der Waals surface area contributed by atoms with Crippen molar-refractivity contribution in [3.05, 3.63) is 0 Å². The summed E-state index contributed by atoms with van der Waals surface area (Å²) in [5.74, 6) is -1.18. The molecule has 0 aliphatic heterocycles. The topological polar surface area (TPSA) is 147 Å². The van der Waals surface area contributed by atoms with Gasteiger partial charge in [-0.15, -0.1) is 0 Å². The maximum atomic E-state index is 13.0. The number of amides is 4. The predicted octanol–water partition coefficient (Wildman–Crippen LogP) is 2.45. The maximum absolute atomic E-state index is 13.0. The number of alkyl halides is 1. The summed E-state index contributed by atoms with van der Waals surface area (Å²) in [7, 11) is 0. The zero-order valence-electron chi connectivity index (χ0n) is 20.4. The number of hydrogen-bond donors (Lipinski definition) is 4. The van der Waals surface area contributed by atoms with E-state index in [1.54, 1.807) is 13.8 Å². The van der Waals surface area contributed by atoms with Crippen molar-refractivity contribution in [3.63, 3.8) is 0 Å². The number of nitrogens with two attached hydrogens (primary N) is 1. The van der Waals surface area contributed by atoms with Crippen LogP contribution in [-0.2, 0) is 19.2 Å². The van der Waals surface area contributed by atoms with Crippen molar-refractivity contribution >= 4 is 45.3 Å². The van der Waals surface area contributed by atoms with Crippen molar-refractivity contribution in [3.8, 4) is 0 Å². The molecule has 0 fully saturated rings. The van der Waals surface area contributed by atoms with Gasteiger partial charge >= 0.3 is 6.03 Å². The normalized spacial score (nSPS) is 12.8. The Hall–Kier alpha value is -1.97. The molecule has 0 saturated carbocycles. The van der Waals surface area contributed by atoms with E-state index in [0.29, 0.717) is 38.8 Å². The van der Waals surface area contributed by atoms with Crippen molar-refractivity contribution in [2.24, 2.45) is 23.5 Å². The fourth-order valence-electron chi connectivity index (χ4n) is 3.47. The van der Waals surface area contributed by atoms with Crippen LogP contribution in [0.15, 0.2) is 0 Å². The third kappa shape index (κ3) is 14.7. The van der Waals surface area contributed by atoms with Gasteiger partial charge in [0.1, 0.15) is 5.78 Å². The van der Waals surface area contributed by atoms with E-state index >= 15 is 0 Å². The lowest BCUT2D eigenvalue weighted by Crippen LogP contribution is -2.45. The summed E-state index contributed by atoms with van der Waals surface area (Å²) in [6, 6.07) is -1.27. The molecule has 2 atom stereocenters. The van der Waals surface area contributed by atoms with Crippen LogP contribution < -0.4 is 21.7 Å². The van der Waals surface area contributed by atoms with Crippen molar-refractivity contribution in [1.82, 2.24) is 16.0 Å². The highest BCUT2D eigenvalue weighted by atomic mass is 79.9.